The second-order valence-electron chi connectivity index (χ2n) is 7.45. The number of carbonyl (C=O) groups is 2. The van der Waals surface area contributed by atoms with Crippen molar-refractivity contribution in [1.82, 2.24) is 16.0 Å². The second kappa shape index (κ2) is 9.68. The average Bonchev–Trinajstić information content (AvgIpc) is 2.69. The van der Waals surface area contributed by atoms with Gasteiger partial charge in [-0.05, 0) is 37.5 Å². The number of thioether (sulfide) groups is 1. The van der Waals surface area contributed by atoms with Crippen LogP contribution >= 0.6 is 23.4 Å². The average molecular weight is 460 g/mol. The van der Waals surface area contributed by atoms with E-state index in [1.807, 2.05) is 0 Å². The Bertz CT molecular complexity index is 872. The standard InChI is InChI=1S/C19H26ClN3O4S2/c1-12-7-8-14(9-15(12)20)29(26,27)16-10-21-19(23-18(16)25)28-11-17(24)22-13-5-3-2-4-6-13/h7-9,13,16,19,21H,2-6,10-11H2,1H3,(H,22,24)(H,23,25). The van der Waals surface area contributed by atoms with Crippen LogP contribution in [0.15, 0.2) is 23.1 Å². The fourth-order valence-corrected chi connectivity index (χ4v) is 6.12. The molecule has 29 heavy (non-hydrogen) atoms. The van der Waals surface area contributed by atoms with Crippen LogP contribution in [0.5, 0.6) is 0 Å². The first-order chi connectivity index (χ1) is 13.8. The number of carbonyl (C=O) groups excluding carboxylic acids is 2. The zero-order chi connectivity index (χ0) is 21.0. The van der Waals surface area contributed by atoms with Gasteiger partial charge in [-0.1, -0.05) is 36.9 Å². The molecule has 1 heterocycles. The number of amides is 2. The van der Waals surface area contributed by atoms with Crippen LogP contribution in [0.4, 0.5) is 0 Å². The smallest absolute Gasteiger partial charge is 0.241 e. The lowest BCUT2D eigenvalue weighted by atomic mass is 9.95. The van der Waals surface area contributed by atoms with Crippen molar-refractivity contribution in [2.45, 2.75) is 60.7 Å². The molecule has 1 aromatic carbocycles. The lowest BCUT2D eigenvalue weighted by Gasteiger charge is -2.30. The van der Waals surface area contributed by atoms with Gasteiger partial charge in [0.15, 0.2) is 15.1 Å². The highest BCUT2D eigenvalue weighted by Gasteiger charge is 2.38. The van der Waals surface area contributed by atoms with Crippen molar-refractivity contribution in [3.8, 4) is 0 Å². The predicted molar refractivity (Wildman–Crippen MR) is 115 cm³/mol. The Hall–Kier alpha value is -1.29. The molecule has 0 bridgehead atoms. The summed E-state index contributed by atoms with van der Waals surface area (Å²) in [5, 5.41) is 7.77. The van der Waals surface area contributed by atoms with Crippen LogP contribution in [-0.4, -0.2) is 49.3 Å². The number of benzene rings is 1. The van der Waals surface area contributed by atoms with Crippen LogP contribution in [0.25, 0.3) is 0 Å². The van der Waals surface area contributed by atoms with Crippen molar-refractivity contribution in [3.63, 3.8) is 0 Å². The van der Waals surface area contributed by atoms with Crippen molar-refractivity contribution in [3.05, 3.63) is 28.8 Å². The zero-order valence-corrected chi connectivity index (χ0v) is 18.6. The highest BCUT2D eigenvalue weighted by Crippen LogP contribution is 2.24. The first kappa shape index (κ1) is 22.4. The fourth-order valence-electron chi connectivity index (χ4n) is 3.52. The molecule has 10 heteroatoms. The van der Waals surface area contributed by atoms with Gasteiger partial charge in [0.2, 0.25) is 11.8 Å². The molecule has 7 nitrogen and oxygen atoms in total. The van der Waals surface area contributed by atoms with E-state index < -0.39 is 26.5 Å². The Kier molecular flexibility index (Phi) is 7.47. The Morgan fingerprint density at radius 1 is 1.28 bits per heavy atom. The summed E-state index contributed by atoms with van der Waals surface area (Å²) in [5.74, 6) is -0.452. The summed E-state index contributed by atoms with van der Waals surface area (Å²) in [7, 11) is -3.87. The third-order valence-corrected chi connectivity index (χ3v) is 8.75. The summed E-state index contributed by atoms with van der Waals surface area (Å²) in [4.78, 5) is 24.6. The van der Waals surface area contributed by atoms with Crippen molar-refractivity contribution in [1.29, 1.82) is 0 Å². The van der Waals surface area contributed by atoms with Crippen molar-refractivity contribution < 1.29 is 18.0 Å². The normalized spacial score (nSPS) is 23.4. The predicted octanol–water partition coefficient (Wildman–Crippen LogP) is 1.98. The van der Waals surface area contributed by atoms with Crippen LogP contribution in [0.1, 0.15) is 37.7 Å². The van der Waals surface area contributed by atoms with Crippen molar-refractivity contribution in [2.24, 2.45) is 0 Å². The van der Waals surface area contributed by atoms with E-state index in [-0.39, 0.29) is 29.1 Å². The first-order valence-electron chi connectivity index (χ1n) is 9.72. The van der Waals surface area contributed by atoms with Gasteiger partial charge in [0.25, 0.3) is 0 Å². The number of hydrogen-bond donors (Lipinski definition) is 3. The molecule has 0 aromatic heterocycles. The maximum Gasteiger partial charge on any atom is 0.241 e. The molecule has 1 saturated carbocycles. The van der Waals surface area contributed by atoms with Gasteiger partial charge in [-0.25, -0.2) is 8.42 Å². The molecule has 160 valence electrons. The molecule has 2 aliphatic rings. The Morgan fingerprint density at radius 2 is 2.00 bits per heavy atom. The molecule has 2 amide bonds. The van der Waals surface area contributed by atoms with E-state index in [1.54, 1.807) is 13.0 Å². The molecular formula is C19H26ClN3O4S2. The molecule has 1 saturated heterocycles. The first-order valence-corrected chi connectivity index (χ1v) is 12.7. The highest BCUT2D eigenvalue weighted by atomic mass is 35.5. The maximum absolute atomic E-state index is 12.8. The molecular weight excluding hydrogens is 434 g/mol. The van der Waals surface area contributed by atoms with Crippen molar-refractivity contribution >= 4 is 45.0 Å². The van der Waals surface area contributed by atoms with Crippen LogP contribution < -0.4 is 16.0 Å². The molecule has 2 atom stereocenters. The minimum atomic E-state index is -3.87. The van der Waals surface area contributed by atoms with E-state index in [4.69, 9.17) is 11.6 Å². The minimum absolute atomic E-state index is 0.0213. The molecule has 2 unspecified atom stereocenters. The molecule has 0 radical (unpaired) electrons. The highest BCUT2D eigenvalue weighted by molar-refractivity contribution is 8.00. The number of nitrogens with one attached hydrogen (secondary N) is 3. The summed E-state index contributed by atoms with van der Waals surface area (Å²) in [6.07, 6.45) is 5.52. The van der Waals surface area contributed by atoms with Gasteiger partial charge in [0, 0.05) is 17.6 Å². The van der Waals surface area contributed by atoms with E-state index in [1.165, 1.54) is 30.3 Å². The molecule has 0 spiro atoms. The SMILES string of the molecule is Cc1ccc(S(=O)(=O)C2CNC(SCC(=O)NC3CCCCC3)NC2=O)cc1Cl. The van der Waals surface area contributed by atoms with Crippen LogP contribution in [0.2, 0.25) is 5.02 Å². The molecule has 2 fully saturated rings. The quantitative estimate of drug-likeness (QED) is 0.600. The topological polar surface area (TPSA) is 104 Å². The number of hydrogen-bond acceptors (Lipinski definition) is 6. The van der Waals surface area contributed by atoms with Crippen LogP contribution in [0.3, 0.4) is 0 Å². The van der Waals surface area contributed by atoms with Gasteiger partial charge in [-0.2, -0.15) is 0 Å². The third-order valence-electron chi connectivity index (χ3n) is 5.25. The summed E-state index contributed by atoms with van der Waals surface area (Å²) in [6.45, 7) is 1.75. The monoisotopic (exact) mass is 459 g/mol. The summed E-state index contributed by atoms with van der Waals surface area (Å²) >= 11 is 7.28. The number of sulfone groups is 1. The maximum atomic E-state index is 12.8. The number of halogens is 1. The van der Waals surface area contributed by atoms with Crippen LogP contribution in [0, 0.1) is 6.92 Å². The zero-order valence-electron chi connectivity index (χ0n) is 16.2. The fraction of sp³-hybridized carbons (Fsp3) is 0.579. The van der Waals surface area contributed by atoms with E-state index in [0.717, 1.165) is 31.2 Å². The minimum Gasteiger partial charge on any atom is -0.353 e. The van der Waals surface area contributed by atoms with Gasteiger partial charge in [-0.3, -0.25) is 14.9 Å². The molecule has 1 aliphatic carbocycles. The van der Waals surface area contributed by atoms with Crippen LogP contribution in [-0.2, 0) is 19.4 Å². The van der Waals surface area contributed by atoms with E-state index in [2.05, 4.69) is 16.0 Å². The van der Waals surface area contributed by atoms with E-state index in [0.29, 0.717) is 5.02 Å². The Balaban J connectivity index is 1.52. The molecule has 1 aromatic rings. The second-order valence-corrected chi connectivity index (χ2v) is 11.1. The van der Waals surface area contributed by atoms with Gasteiger partial charge in [0.05, 0.1) is 10.6 Å². The van der Waals surface area contributed by atoms with E-state index in [9.17, 15) is 18.0 Å². The summed E-state index contributed by atoms with van der Waals surface area (Å²) < 4.78 is 25.6. The van der Waals surface area contributed by atoms with E-state index >= 15 is 0 Å². The van der Waals surface area contributed by atoms with Gasteiger partial charge in [-0.15, -0.1) is 11.8 Å². The summed E-state index contributed by atoms with van der Waals surface area (Å²) in [6, 6.07) is 4.69. The lowest BCUT2D eigenvalue weighted by Crippen LogP contribution is -2.59. The Labute approximate surface area is 180 Å². The number of rotatable bonds is 6. The van der Waals surface area contributed by atoms with Gasteiger partial charge < -0.3 is 10.6 Å². The molecule has 3 rings (SSSR count). The van der Waals surface area contributed by atoms with Crippen molar-refractivity contribution in [2.75, 3.05) is 12.3 Å². The lowest BCUT2D eigenvalue weighted by molar-refractivity contribution is -0.122. The van der Waals surface area contributed by atoms with Gasteiger partial charge in [0.1, 0.15) is 5.50 Å². The number of aryl methyl sites for hydroxylation is 1. The largest absolute Gasteiger partial charge is 0.353 e. The Morgan fingerprint density at radius 3 is 2.66 bits per heavy atom. The van der Waals surface area contributed by atoms with Gasteiger partial charge >= 0.3 is 0 Å². The molecule has 1 aliphatic heterocycles. The summed E-state index contributed by atoms with van der Waals surface area (Å²) in [5.41, 5.74) is 0.257. The third kappa shape index (κ3) is 5.65. The molecule has 3 N–H and O–H groups in total.